The Bertz CT molecular complexity index is 403. The van der Waals surface area contributed by atoms with E-state index in [1.165, 1.54) is 19.1 Å². The van der Waals surface area contributed by atoms with Crippen LogP contribution in [-0.4, -0.2) is 22.3 Å². The van der Waals surface area contributed by atoms with Crippen molar-refractivity contribution >= 4 is 5.97 Å². The van der Waals surface area contributed by atoms with Gasteiger partial charge in [0.25, 0.3) is 0 Å². The summed E-state index contributed by atoms with van der Waals surface area (Å²) in [6.07, 6.45) is -1.60. The third-order valence-corrected chi connectivity index (χ3v) is 2.35. The molecule has 0 bridgehead atoms. The summed E-state index contributed by atoms with van der Waals surface area (Å²) in [6.45, 7) is 3.16. The van der Waals surface area contributed by atoms with Crippen LogP contribution >= 0.6 is 0 Å². The Labute approximate surface area is 98.7 Å². The number of aliphatic carboxylic acids is 1. The summed E-state index contributed by atoms with van der Waals surface area (Å²) in [5.74, 6) is -1.93. The van der Waals surface area contributed by atoms with Crippen LogP contribution in [0.1, 0.15) is 31.9 Å². The maximum Gasteiger partial charge on any atom is 0.344 e. The van der Waals surface area contributed by atoms with Crippen molar-refractivity contribution in [2.75, 3.05) is 0 Å². The van der Waals surface area contributed by atoms with Crippen molar-refractivity contribution in [3.8, 4) is 5.75 Å². The third-order valence-electron chi connectivity index (χ3n) is 2.35. The Morgan fingerprint density at radius 2 is 2.18 bits per heavy atom. The Morgan fingerprint density at radius 1 is 1.53 bits per heavy atom. The lowest BCUT2D eigenvalue weighted by molar-refractivity contribution is -0.145. The van der Waals surface area contributed by atoms with Gasteiger partial charge in [-0.05, 0) is 31.0 Å². The third kappa shape index (κ3) is 3.42. The van der Waals surface area contributed by atoms with E-state index in [4.69, 9.17) is 9.84 Å². The Balaban J connectivity index is 2.89. The van der Waals surface area contributed by atoms with Crippen molar-refractivity contribution in [3.63, 3.8) is 0 Å². The second kappa shape index (κ2) is 5.63. The number of aliphatic hydroxyl groups excluding tert-OH is 1. The van der Waals surface area contributed by atoms with E-state index in [9.17, 15) is 14.3 Å². The number of carboxylic acids is 1. The number of carbonyl (C=O) groups is 1. The van der Waals surface area contributed by atoms with E-state index < -0.39 is 24.0 Å². The van der Waals surface area contributed by atoms with Crippen LogP contribution in [0.3, 0.4) is 0 Å². The first-order valence-corrected chi connectivity index (χ1v) is 5.32. The van der Waals surface area contributed by atoms with Gasteiger partial charge in [0, 0.05) is 0 Å². The molecule has 1 aromatic carbocycles. The number of hydrogen-bond acceptors (Lipinski definition) is 3. The number of benzene rings is 1. The van der Waals surface area contributed by atoms with Crippen LogP contribution in [0.4, 0.5) is 4.39 Å². The minimum absolute atomic E-state index is 0.122. The van der Waals surface area contributed by atoms with Crippen molar-refractivity contribution in [1.29, 1.82) is 0 Å². The summed E-state index contributed by atoms with van der Waals surface area (Å²) in [5.41, 5.74) is 0.415. The number of aliphatic hydroxyl groups is 1. The molecule has 0 aliphatic heterocycles. The highest BCUT2D eigenvalue weighted by molar-refractivity contribution is 5.72. The summed E-state index contributed by atoms with van der Waals surface area (Å²) in [7, 11) is 0. The predicted octanol–water partition coefficient (Wildman–Crippen LogP) is 2.12. The van der Waals surface area contributed by atoms with Crippen LogP contribution in [0.15, 0.2) is 18.2 Å². The average Bonchev–Trinajstić information content (AvgIpc) is 2.26. The first-order valence-electron chi connectivity index (χ1n) is 5.32. The van der Waals surface area contributed by atoms with Gasteiger partial charge < -0.3 is 14.9 Å². The molecule has 0 saturated heterocycles. The minimum Gasteiger partial charge on any atom is -0.479 e. The summed E-state index contributed by atoms with van der Waals surface area (Å²) in [4.78, 5) is 10.7. The Kier molecular flexibility index (Phi) is 4.45. The van der Waals surface area contributed by atoms with Gasteiger partial charge in [0.05, 0.1) is 6.10 Å². The van der Waals surface area contributed by atoms with Gasteiger partial charge in [-0.15, -0.1) is 0 Å². The normalized spacial score (nSPS) is 14.1. The van der Waals surface area contributed by atoms with Crippen LogP contribution in [0.5, 0.6) is 5.75 Å². The summed E-state index contributed by atoms with van der Waals surface area (Å²) < 4.78 is 18.6. The largest absolute Gasteiger partial charge is 0.479 e. The van der Waals surface area contributed by atoms with E-state index in [2.05, 4.69) is 0 Å². The van der Waals surface area contributed by atoms with Crippen molar-refractivity contribution in [3.05, 3.63) is 29.6 Å². The topological polar surface area (TPSA) is 66.8 Å². The fourth-order valence-corrected chi connectivity index (χ4v) is 1.33. The van der Waals surface area contributed by atoms with Gasteiger partial charge in [0.1, 0.15) is 0 Å². The number of rotatable bonds is 5. The van der Waals surface area contributed by atoms with E-state index in [-0.39, 0.29) is 12.2 Å². The molecular weight excluding hydrogens is 227 g/mol. The second-order valence-corrected chi connectivity index (χ2v) is 3.72. The van der Waals surface area contributed by atoms with Gasteiger partial charge in [0.15, 0.2) is 17.7 Å². The van der Waals surface area contributed by atoms with E-state index in [0.29, 0.717) is 5.56 Å². The van der Waals surface area contributed by atoms with Gasteiger partial charge in [0.2, 0.25) is 0 Å². The van der Waals surface area contributed by atoms with Gasteiger partial charge >= 0.3 is 5.97 Å². The molecule has 2 atom stereocenters. The molecule has 0 aliphatic rings. The fourth-order valence-electron chi connectivity index (χ4n) is 1.33. The SMILES string of the molecule is CCC(Oc1ccc([C@H](C)O)cc1F)C(=O)O. The molecule has 0 amide bonds. The predicted molar refractivity (Wildman–Crippen MR) is 59.4 cm³/mol. The number of hydrogen-bond donors (Lipinski definition) is 2. The summed E-state index contributed by atoms with van der Waals surface area (Å²) >= 11 is 0. The highest BCUT2D eigenvalue weighted by Gasteiger charge is 2.19. The maximum absolute atomic E-state index is 13.5. The van der Waals surface area contributed by atoms with Crippen molar-refractivity contribution in [1.82, 2.24) is 0 Å². The molecule has 0 heterocycles. The monoisotopic (exact) mass is 242 g/mol. The lowest BCUT2D eigenvalue weighted by Crippen LogP contribution is -2.26. The molecule has 0 spiro atoms. The van der Waals surface area contributed by atoms with Crippen LogP contribution < -0.4 is 4.74 Å². The molecule has 17 heavy (non-hydrogen) atoms. The summed E-state index contributed by atoms with van der Waals surface area (Å²) in [5, 5.41) is 18.0. The fraction of sp³-hybridized carbons (Fsp3) is 0.417. The van der Waals surface area contributed by atoms with E-state index >= 15 is 0 Å². The lowest BCUT2D eigenvalue weighted by atomic mass is 10.1. The lowest BCUT2D eigenvalue weighted by Gasteiger charge is -2.14. The second-order valence-electron chi connectivity index (χ2n) is 3.72. The van der Waals surface area contributed by atoms with Crippen molar-refractivity contribution < 1.29 is 24.1 Å². The smallest absolute Gasteiger partial charge is 0.344 e. The quantitative estimate of drug-likeness (QED) is 0.830. The average molecular weight is 242 g/mol. The van der Waals surface area contributed by atoms with Crippen molar-refractivity contribution in [2.45, 2.75) is 32.5 Å². The van der Waals surface area contributed by atoms with Gasteiger partial charge in [-0.1, -0.05) is 13.0 Å². The van der Waals surface area contributed by atoms with E-state index in [1.54, 1.807) is 6.92 Å². The minimum atomic E-state index is -1.13. The highest BCUT2D eigenvalue weighted by atomic mass is 19.1. The molecule has 0 aromatic heterocycles. The first-order chi connectivity index (χ1) is 7.95. The molecule has 1 unspecified atom stereocenters. The zero-order chi connectivity index (χ0) is 13.0. The van der Waals surface area contributed by atoms with Crippen molar-refractivity contribution in [2.24, 2.45) is 0 Å². The number of carboxylic acid groups (broad SMARTS) is 1. The number of halogens is 1. The Morgan fingerprint density at radius 3 is 2.59 bits per heavy atom. The van der Waals surface area contributed by atoms with E-state index in [0.717, 1.165) is 6.07 Å². The molecule has 1 rings (SSSR count). The van der Waals surface area contributed by atoms with Crippen LogP contribution in [-0.2, 0) is 4.79 Å². The molecule has 5 heteroatoms. The molecule has 0 aliphatic carbocycles. The summed E-state index contributed by atoms with van der Waals surface area (Å²) in [6, 6.07) is 3.95. The zero-order valence-electron chi connectivity index (χ0n) is 9.68. The Hall–Kier alpha value is -1.62. The molecule has 0 saturated carbocycles. The van der Waals surface area contributed by atoms with Gasteiger partial charge in [-0.25, -0.2) is 9.18 Å². The highest BCUT2D eigenvalue weighted by Crippen LogP contribution is 2.23. The first kappa shape index (κ1) is 13.4. The van der Waals surface area contributed by atoms with Gasteiger partial charge in [-0.3, -0.25) is 0 Å². The van der Waals surface area contributed by atoms with Crippen LogP contribution in [0.2, 0.25) is 0 Å². The zero-order valence-corrected chi connectivity index (χ0v) is 9.68. The maximum atomic E-state index is 13.5. The van der Waals surface area contributed by atoms with Crippen LogP contribution in [0.25, 0.3) is 0 Å². The molecule has 2 N–H and O–H groups in total. The molecule has 4 nitrogen and oxygen atoms in total. The molecule has 1 aromatic rings. The molecular formula is C12H15FO4. The van der Waals surface area contributed by atoms with Crippen LogP contribution in [0, 0.1) is 5.82 Å². The molecule has 0 fully saturated rings. The number of ether oxygens (including phenoxy) is 1. The molecule has 0 radical (unpaired) electrons. The van der Waals surface area contributed by atoms with E-state index in [1.807, 2.05) is 0 Å². The molecule has 94 valence electrons. The standard InChI is InChI=1S/C12H15FO4/c1-3-10(12(15)16)17-11-5-4-8(7(2)14)6-9(11)13/h4-7,10,14H,3H2,1-2H3,(H,15,16)/t7-,10?/m0/s1. The van der Waals surface area contributed by atoms with Gasteiger partial charge in [-0.2, -0.15) is 0 Å².